The Kier molecular flexibility index (Phi) is 5.08. The van der Waals surface area contributed by atoms with Gasteiger partial charge < -0.3 is 15.0 Å². The quantitative estimate of drug-likeness (QED) is 0.504. The predicted octanol–water partition coefficient (Wildman–Crippen LogP) is 3.00. The Morgan fingerprint density at radius 3 is 2.63 bits per heavy atom. The highest BCUT2D eigenvalue weighted by molar-refractivity contribution is 9.10. The zero-order chi connectivity index (χ0) is 20.9. The molecule has 4 aliphatic rings. The molecule has 0 unspecified atom stereocenters. The standard InChI is InChI=1S/C22H26BrN3O4/c23-16-6-3-13(12-24-16)25-20(28)18-14-4-5-15(22(14)7-8-22)19(18)21(29)30-11-10-26-9-1-2-17(26)27/h3,6,12,14-15,18-19H,1-2,4-5,7-11H2,(H,25,28)/t14-,15+,18+,19+/m0/s1. The first-order valence-corrected chi connectivity index (χ1v) is 11.7. The molecule has 1 aromatic heterocycles. The van der Waals surface area contributed by atoms with Crippen LogP contribution in [-0.4, -0.2) is 47.4 Å². The van der Waals surface area contributed by atoms with Crippen LogP contribution < -0.4 is 5.32 Å². The van der Waals surface area contributed by atoms with Crippen molar-refractivity contribution in [3.8, 4) is 0 Å². The maximum absolute atomic E-state index is 13.2. The molecule has 1 N–H and O–H groups in total. The molecule has 4 atom stereocenters. The number of halogens is 1. The van der Waals surface area contributed by atoms with Gasteiger partial charge in [-0.25, -0.2) is 4.98 Å². The van der Waals surface area contributed by atoms with Gasteiger partial charge in [0.25, 0.3) is 0 Å². The molecule has 1 spiro atoms. The summed E-state index contributed by atoms with van der Waals surface area (Å²) >= 11 is 3.30. The van der Waals surface area contributed by atoms with Gasteiger partial charge in [0.1, 0.15) is 11.2 Å². The smallest absolute Gasteiger partial charge is 0.310 e. The van der Waals surface area contributed by atoms with Gasteiger partial charge in [0.05, 0.1) is 30.3 Å². The minimum Gasteiger partial charge on any atom is -0.464 e. The van der Waals surface area contributed by atoms with E-state index in [1.165, 1.54) is 0 Å². The number of likely N-dealkylation sites (tertiary alicyclic amines) is 1. The van der Waals surface area contributed by atoms with Crippen LogP contribution in [0.25, 0.3) is 0 Å². The van der Waals surface area contributed by atoms with Crippen molar-refractivity contribution >= 4 is 39.4 Å². The molecule has 4 fully saturated rings. The van der Waals surface area contributed by atoms with E-state index >= 15 is 0 Å². The third kappa shape index (κ3) is 3.33. The Labute approximate surface area is 184 Å². The van der Waals surface area contributed by atoms with Crippen molar-refractivity contribution in [2.24, 2.45) is 29.1 Å². The monoisotopic (exact) mass is 475 g/mol. The number of hydrogen-bond donors (Lipinski definition) is 1. The van der Waals surface area contributed by atoms with E-state index in [4.69, 9.17) is 4.74 Å². The number of aromatic nitrogens is 1. The summed E-state index contributed by atoms with van der Waals surface area (Å²) in [6.45, 7) is 1.38. The van der Waals surface area contributed by atoms with E-state index in [0.29, 0.717) is 23.3 Å². The zero-order valence-electron chi connectivity index (χ0n) is 16.8. The van der Waals surface area contributed by atoms with Crippen LogP contribution in [-0.2, 0) is 19.1 Å². The van der Waals surface area contributed by atoms with Crippen molar-refractivity contribution in [1.82, 2.24) is 9.88 Å². The van der Waals surface area contributed by atoms with Crippen LogP contribution in [0, 0.1) is 29.1 Å². The van der Waals surface area contributed by atoms with Crippen LogP contribution in [0.4, 0.5) is 5.69 Å². The number of ether oxygens (including phenoxy) is 1. The number of amides is 2. The Bertz CT molecular complexity index is 870. The average molecular weight is 476 g/mol. The number of hydrogen-bond acceptors (Lipinski definition) is 5. The summed E-state index contributed by atoms with van der Waals surface area (Å²) in [5.41, 5.74) is 0.796. The topological polar surface area (TPSA) is 88.6 Å². The lowest BCUT2D eigenvalue weighted by Crippen LogP contribution is -2.39. The molecule has 1 saturated heterocycles. The molecule has 5 rings (SSSR count). The van der Waals surface area contributed by atoms with E-state index in [2.05, 4.69) is 26.2 Å². The van der Waals surface area contributed by atoms with E-state index in [1.54, 1.807) is 23.2 Å². The first-order chi connectivity index (χ1) is 14.5. The lowest BCUT2D eigenvalue weighted by atomic mass is 9.78. The lowest BCUT2D eigenvalue weighted by Gasteiger charge is -2.28. The van der Waals surface area contributed by atoms with E-state index in [9.17, 15) is 14.4 Å². The molecule has 2 bridgehead atoms. The summed E-state index contributed by atoms with van der Waals surface area (Å²) in [6, 6.07) is 3.58. The van der Waals surface area contributed by atoms with Gasteiger partial charge >= 0.3 is 5.97 Å². The van der Waals surface area contributed by atoms with E-state index in [0.717, 1.165) is 38.6 Å². The van der Waals surface area contributed by atoms with Crippen molar-refractivity contribution in [2.45, 2.75) is 38.5 Å². The SMILES string of the molecule is O=C(OCCN1CCCC1=O)[C@H]1[C@H](C(=O)Nc2ccc(Br)nc2)[C@@H]2CC[C@H]1C21CC1. The minimum atomic E-state index is -0.385. The van der Waals surface area contributed by atoms with Crippen LogP contribution in [0.5, 0.6) is 0 Å². The third-order valence-electron chi connectivity index (χ3n) is 7.69. The molecule has 30 heavy (non-hydrogen) atoms. The highest BCUT2D eigenvalue weighted by Crippen LogP contribution is 2.74. The van der Waals surface area contributed by atoms with E-state index in [-0.39, 0.29) is 53.5 Å². The number of rotatable bonds is 6. The molecule has 7 nitrogen and oxygen atoms in total. The highest BCUT2D eigenvalue weighted by atomic mass is 79.9. The average Bonchev–Trinajstić information content (AvgIpc) is 3.23. The first-order valence-electron chi connectivity index (χ1n) is 10.9. The fourth-order valence-electron chi connectivity index (χ4n) is 6.29. The van der Waals surface area contributed by atoms with Crippen LogP contribution in [0.1, 0.15) is 38.5 Å². The summed E-state index contributed by atoms with van der Waals surface area (Å²) in [5, 5.41) is 2.97. The second-order valence-electron chi connectivity index (χ2n) is 9.09. The normalized spacial score (nSPS) is 30.7. The van der Waals surface area contributed by atoms with Crippen LogP contribution in [0.3, 0.4) is 0 Å². The molecule has 0 radical (unpaired) electrons. The largest absolute Gasteiger partial charge is 0.464 e. The minimum absolute atomic E-state index is 0.103. The summed E-state index contributed by atoms with van der Waals surface area (Å²) in [4.78, 5) is 44.0. The van der Waals surface area contributed by atoms with Gasteiger partial charge in [0.15, 0.2) is 0 Å². The van der Waals surface area contributed by atoms with Crippen molar-refractivity contribution in [2.75, 3.05) is 25.0 Å². The number of pyridine rings is 1. The maximum atomic E-state index is 13.2. The van der Waals surface area contributed by atoms with Gasteiger partial charge in [-0.3, -0.25) is 14.4 Å². The number of carbonyl (C=O) groups excluding carboxylic acids is 3. The molecule has 160 valence electrons. The van der Waals surface area contributed by atoms with Crippen LogP contribution >= 0.6 is 15.9 Å². The number of carbonyl (C=O) groups is 3. The van der Waals surface area contributed by atoms with Gasteiger partial charge in [0.2, 0.25) is 11.8 Å². The Hall–Kier alpha value is -1.96. The number of nitrogens with one attached hydrogen (secondary N) is 1. The summed E-state index contributed by atoms with van der Waals surface area (Å²) < 4.78 is 6.33. The molecular formula is C22H26BrN3O4. The van der Waals surface area contributed by atoms with Gasteiger partial charge in [-0.15, -0.1) is 0 Å². The van der Waals surface area contributed by atoms with Gasteiger partial charge in [-0.2, -0.15) is 0 Å². The number of nitrogens with zero attached hydrogens (tertiary/aromatic N) is 2. The molecule has 3 saturated carbocycles. The number of esters is 1. The second kappa shape index (κ2) is 7.62. The number of anilines is 1. The second-order valence-corrected chi connectivity index (χ2v) is 9.90. The van der Waals surface area contributed by atoms with Crippen molar-refractivity contribution in [3.63, 3.8) is 0 Å². The summed E-state index contributed by atoms with van der Waals surface area (Å²) in [6.07, 6.45) is 7.29. The molecule has 2 heterocycles. The van der Waals surface area contributed by atoms with Crippen molar-refractivity contribution < 1.29 is 19.1 Å². The molecular weight excluding hydrogens is 450 g/mol. The third-order valence-corrected chi connectivity index (χ3v) is 8.16. The predicted molar refractivity (Wildman–Crippen MR) is 112 cm³/mol. The van der Waals surface area contributed by atoms with Gasteiger partial charge in [-0.1, -0.05) is 0 Å². The fourth-order valence-corrected chi connectivity index (χ4v) is 6.53. The molecule has 0 aromatic carbocycles. The Balaban J connectivity index is 1.28. The van der Waals surface area contributed by atoms with E-state index in [1.807, 2.05) is 0 Å². The zero-order valence-corrected chi connectivity index (χ0v) is 18.4. The Morgan fingerprint density at radius 1 is 1.23 bits per heavy atom. The Morgan fingerprint density at radius 2 is 2.00 bits per heavy atom. The van der Waals surface area contributed by atoms with Gasteiger partial charge in [-0.05, 0) is 77.4 Å². The van der Waals surface area contributed by atoms with Crippen LogP contribution in [0.15, 0.2) is 22.9 Å². The van der Waals surface area contributed by atoms with Crippen molar-refractivity contribution in [1.29, 1.82) is 0 Å². The molecule has 8 heteroatoms. The van der Waals surface area contributed by atoms with E-state index < -0.39 is 0 Å². The maximum Gasteiger partial charge on any atom is 0.310 e. The fraction of sp³-hybridized carbons (Fsp3) is 0.636. The van der Waals surface area contributed by atoms with Crippen molar-refractivity contribution in [3.05, 3.63) is 22.9 Å². The summed E-state index contributed by atoms with van der Waals surface area (Å²) in [5.74, 6) is -0.489. The van der Waals surface area contributed by atoms with Gasteiger partial charge in [0, 0.05) is 13.0 Å². The molecule has 3 aliphatic carbocycles. The highest BCUT2D eigenvalue weighted by Gasteiger charge is 2.72. The molecule has 1 aliphatic heterocycles. The van der Waals surface area contributed by atoms with Crippen LogP contribution in [0.2, 0.25) is 0 Å². The first kappa shape index (κ1) is 20.0. The lowest BCUT2D eigenvalue weighted by molar-refractivity contribution is -0.155. The molecule has 2 amide bonds. The summed E-state index contributed by atoms with van der Waals surface area (Å²) in [7, 11) is 0. The molecule has 1 aromatic rings.